The molecule has 3 rings (SSSR count). The monoisotopic (exact) mass is 399 g/mol. The number of hydrogen-bond acceptors (Lipinski definition) is 8. The number of carbonyl (C=O) groups excluding carboxylic acids is 1. The predicted octanol–water partition coefficient (Wildman–Crippen LogP) is 2.19. The number of carboxylic acid groups (broad SMARTS) is 1. The van der Waals surface area contributed by atoms with Gasteiger partial charge in [-0.2, -0.15) is 0 Å². The van der Waals surface area contributed by atoms with Crippen LogP contribution in [0.5, 0.6) is 17.2 Å². The molecule has 1 aromatic heterocycles. The summed E-state index contributed by atoms with van der Waals surface area (Å²) in [7, 11) is 0. The first-order valence-corrected chi connectivity index (χ1v) is 8.56. The number of aldehydes is 1. The van der Waals surface area contributed by atoms with E-state index in [2.05, 4.69) is 5.48 Å². The van der Waals surface area contributed by atoms with E-state index >= 15 is 0 Å². The van der Waals surface area contributed by atoms with E-state index in [4.69, 9.17) is 14.4 Å². The Morgan fingerprint density at radius 1 is 1.21 bits per heavy atom. The van der Waals surface area contributed by atoms with Crippen LogP contribution in [-0.2, 0) is 9.59 Å². The number of carboxylic acids is 1. The van der Waals surface area contributed by atoms with Gasteiger partial charge in [0.15, 0.2) is 5.75 Å². The molecule has 1 atom stereocenters. The number of phenolic OH excluding ortho intramolecular Hbond substituents is 2. The fraction of sp³-hybridized carbons (Fsp3) is 0.150. The highest BCUT2D eigenvalue weighted by atomic mass is 16.6. The topological polar surface area (TPSA) is 146 Å². The number of carbonyl (C=O) groups is 2. The Hall–Kier alpha value is -3.85. The minimum atomic E-state index is -1.05. The predicted molar refractivity (Wildman–Crippen MR) is 102 cm³/mol. The van der Waals surface area contributed by atoms with Crippen molar-refractivity contribution >= 4 is 23.2 Å². The third kappa shape index (κ3) is 4.53. The number of hydrogen-bond donors (Lipinski definition) is 4. The van der Waals surface area contributed by atoms with E-state index in [0.717, 1.165) is 0 Å². The van der Waals surface area contributed by atoms with Crippen molar-refractivity contribution < 1.29 is 34.2 Å². The molecule has 9 nitrogen and oxygen atoms in total. The van der Waals surface area contributed by atoms with Crippen LogP contribution in [0.25, 0.3) is 22.1 Å². The number of nitrogens with one attached hydrogen (secondary N) is 1. The molecule has 0 saturated heterocycles. The van der Waals surface area contributed by atoms with Crippen molar-refractivity contribution in [2.24, 2.45) is 0 Å². The summed E-state index contributed by atoms with van der Waals surface area (Å²) in [5.41, 5.74) is 2.70. The fourth-order valence-electron chi connectivity index (χ4n) is 2.68. The molecule has 0 aliphatic carbocycles. The molecule has 29 heavy (non-hydrogen) atoms. The van der Waals surface area contributed by atoms with Crippen LogP contribution in [0.4, 0.5) is 0 Å². The number of aromatic hydroxyl groups is 2. The summed E-state index contributed by atoms with van der Waals surface area (Å²) in [6.07, 6.45) is 1.53. The van der Waals surface area contributed by atoms with Gasteiger partial charge in [0.05, 0.1) is 11.6 Å². The third-order valence-corrected chi connectivity index (χ3v) is 4.17. The van der Waals surface area contributed by atoms with Gasteiger partial charge in [0.1, 0.15) is 35.0 Å². The van der Waals surface area contributed by atoms with E-state index in [-0.39, 0.29) is 46.6 Å². The highest BCUT2D eigenvalue weighted by Gasteiger charge is 2.16. The van der Waals surface area contributed by atoms with Crippen LogP contribution in [0.1, 0.15) is 12.8 Å². The van der Waals surface area contributed by atoms with Crippen molar-refractivity contribution in [2.75, 3.05) is 0 Å². The SMILES string of the molecule is O=C[C@H](CCC(=O)O)NOc1cc(O)c2c(=O)c(-c3ccc(O)cc3)coc2c1. The molecule has 3 aromatic rings. The van der Waals surface area contributed by atoms with Crippen LogP contribution in [0.2, 0.25) is 0 Å². The van der Waals surface area contributed by atoms with Crippen LogP contribution in [0.15, 0.2) is 51.9 Å². The van der Waals surface area contributed by atoms with Crippen molar-refractivity contribution in [3.05, 3.63) is 52.9 Å². The molecule has 0 aliphatic rings. The average Bonchev–Trinajstić information content (AvgIpc) is 2.69. The minimum absolute atomic E-state index is 0.0173. The molecule has 2 aromatic carbocycles. The summed E-state index contributed by atoms with van der Waals surface area (Å²) < 4.78 is 5.46. The van der Waals surface area contributed by atoms with E-state index in [1.165, 1.54) is 30.5 Å². The second-order valence-electron chi connectivity index (χ2n) is 6.24. The van der Waals surface area contributed by atoms with Crippen molar-refractivity contribution in [3.63, 3.8) is 0 Å². The second-order valence-corrected chi connectivity index (χ2v) is 6.24. The van der Waals surface area contributed by atoms with Crippen molar-refractivity contribution in [1.29, 1.82) is 0 Å². The highest BCUT2D eigenvalue weighted by Crippen LogP contribution is 2.30. The van der Waals surface area contributed by atoms with Crippen molar-refractivity contribution in [2.45, 2.75) is 18.9 Å². The lowest BCUT2D eigenvalue weighted by atomic mass is 10.0. The summed E-state index contributed by atoms with van der Waals surface area (Å²) in [4.78, 5) is 39.6. The van der Waals surface area contributed by atoms with Gasteiger partial charge in [-0.05, 0) is 24.1 Å². The van der Waals surface area contributed by atoms with Gasteiger partial charge in [0.2, 0.25) is 5.43 Å². The smallest absolute Gasteiger partial charge is 0.303 e. The molecule has 4 N–H and O–H groups in total. The lowest BCUT2D eigenvalue weighted by Gasteiger charge is -2.13. The molecule has 0 fully saturated rings. The maximum atomic E-state index is 12.8. The molecule has 0 bridgehead atoms. The maximum Gasteiger partial charge on any atom is 0.303 e. The molecule has 0 amide bonds. The Bertz CT molecular complexity index is 1100. The molecule has 1 heterocycles. The largest absolute Gasteiger partial charge is 0.508 e. The molecule has 9 heteroatoms. The van der Waals surface area contributed by atoms with E-state index in [9.17, 15) is 24.6 Å². The number of phenols is 2. The molecule has 0 unspecified atom stereocenters. The highest BCUT2D eigenvalue weighted by molar-refractivity contribution is 5.88. The maximum absolute atomic E-state index is 12.8. The van der Waals surface area contributed by atoms with Gasteiger partial charge >= 0.3 is 5.97 Å². The average molecular weight is 399 g/mol. The number of fused-ring (bicyclic) bond motifs is 1. The standard InChI is InChI=1S/C20H17NO8/c22-9-12(3-6-18(25)26)21-29-14-7-16(24)19-17(8-14)28-10-15(20(19)27)11-1-4-13(23)5-2-11/h1-2,4-5,7-10,12,21,23-24H,3,6H2,(H,25,26)/t12-/m0/s1. The van der Waals surface area contributed by atoms with Crippen LogP contribution in [0.3, 0.4) is 0 Å². The second kappa shape index (κ2) is 8.44. The Kier molecular flexibility index (Phi) is 5.79. The van der Waals surface area contributed by atoms with Crippen LogP contribution < -0.4 is 15.7 Å². The first-order valence-electron chi connectivity index (χ1n) is 8.56. The van der Waals surface area contributed by atoms with Gasteiger partial charge in [-0.15, -0.1) is 5.48 Å². The Balaban J connectivity index is 1.87. The minimum Gasteiger partial charge on any atom is -0.508 e. The summed E-state index contributed by atoms with van der Waals surface area (Å²) in [5, 5.41) is 28.3. The number of benzene rings is 2. The van der Waals surface area contributed by atoms with Crippen LogP contribution in [-0.4, -0.2) is 33.6 Å². The lowest BCUT2D eigenvalue weighted by molar-refractivity contribution is -0.137. The summed E-state index contributed by atoms with van der Waals surface area (Å²) >= 11 is 0. The van der Waals surface area contributed by atoms with Gasteiger partial charge < -0.3 is 29.4 Å². The van der Waals surface area contributed by atoms with Crippen LogP contribution >= 0.6 is 0 Å². The zero-order chi connectivity index (χ0) is 21.0. The van der Waals surface area contributed by atoms with E-state index in [1.54, 1.807) is 12.1 Å². The molecular formula is C20H17NO8. The zero-order valence-electron chi connectivity index (χ0n) is 15.0. The zero-order valence-corrected chi connectivity index (χ0v) is 15.0. The van der Waals surface area contributed by atoms with Gasteiger partial charge in [-0.25, -0.2) is 0 Å². The molecule has 0 aliphatic heterocycles. The molecular weight excluding hydrogens is 382 g/mol. The number of aliphatic carboxylic acids is 1. The van der Waals surface area contributed by atoms with Crippen molar-refractivity contribution in [1.82, 2.24) is 5.48 Å². The lowest BCUT2D eigenvalue weighted by Crippen LogP contribution is -2.33. The fourth-order valence-corrected chi connectivity index (χ4v) is 2.68. The van der Waals surface area contributed by atoms with Crippen LogP contribution in [0, 0.1) is 0 Å². The summed E-state index contributed by atoms with van der Waals surface area (Å²) in [6.45, 7) is 0. The summed E-state index contributed by atoms with van der Waals surface area (Å²) in [5.74, 6) is -1.32. The molecule has 0 radical (unpaired) electrons. The molecule has 150 valence electrons. The normalized spacial score (nSPS) is 11.9. The van der Waals surface area contributed by atoms with Gasteiger partial charge in [0, 0.05) is 18.6 Å². The molecule has 0 spiro atoms. The van der Waals surface area contributed by atoms with E-state index in [1.807, 2.05) is 0 Å². The first-order chi connectivity index (χ1) is 13.9. The van der Waals surface area contributed by atoms with E-state index < -0.39 is 17.4 Å². The first kappa shape index (κ1) is 19.9. The Labute approximate surface area is 163 Å². The van der Waals surface area contributed by atoms with E-state index in [0.29, 0.717) is 11.8 Å². The Morgan fingerprint density at radius 2 is 1.93 bits per heavy atom. The van der Waals surface area contributed by atoms with Gasteiger partial charge in [0.25, 0.3) is 0 Å². The van der Waals surface area contributed by atoms with Gasteiger partial charge in [-0.3, -0.25) is 9.59 Å². The van der Waals surface area contributed by atoms with Gasteiger partial charge in [-0.1, -0.05) is 12.1 Å². The Morgan fingerprint density at radius 3 is 2.59 bits per heavy atom. The number of hydroxylamine groups is 1. The third-order valence-electron chi connectivity index (χ3n) is 4.17. The molecule has 0 saturated carbocycles. The van der Waals surface area contributed by atoms with Crippen molar-refractivity contribution in [3.8, 4) is 28.4 Å². The summed E-state index contributed by atoms with van der Waals surface area (Å²) in [6, 6.07) is 7.60. The quantitative estimate of drug-likeness (QED) is 0.330. The number of rotatable bonds is 8.